The Bertz CT molecular complexity index is 480. The number of ether oxygens (including phenoxy) is 1. The molecule has 3 heteroatoms. The van der Waals surface area contributed by atoms with E-state index >= 15 is 0 Å². The average Bonchev–Trinajstić information content (AvgIpc) is 2.38. The molecule has 0 spiro atoms. The van der Waals surface area contributed by atoms with Gasteiger partial charge in [-0.2, -0.15) is 0 Å². The van der Waals surface area contributed by atoms with Crippen LogP contribution in [0.5, 0.6) is 5.75 Å². The minimum Gasteiger partial charge on any atom is -0.497 e. The summed E-state index contributed by atoms with van der Waals surface area (Å²) in [4.78, 5) is 8.37. The van der Waals surface area contributed by atoms with E-state index in [0.29, 0.717) is 5.82 Å². The second-order valence-electron chi connectivity index (χ2n) is 3.22. The maximum absolute atomic E-state index is 5.13. The van der Waals surface area contributed by atoms with E-state index in [1.165, 1.54) is 0 Å². The highest BCUT2D eigenvalue weighted by Crippen LogP contribution is 2.12. The molecular formula is C13H12N2O. The van der Waals surface area contributed by atoms with Crippen molar-refractivity contribution >= 4 is 12.0 Å². The first kappa shape index (κ1) is 10.4. The summed E-state index contributed by atoms with van der Waals surface area (Å²) in [5.74, 6) is 1.52. The zero-order chi connectivity index (χ0) is 11.2. The lowest BCUT2D eigenvalue weighted by atomic mass is 10.2. The number of nitrogens with zero attached hydrogens (tertiary/aromatic N) is 2. The van der Waals surface area contributed by atoms with Crippen molar-refractivity contribution in [1.29, 1.82) is 0 Å². The molecule has 0 aliphatic heterocycles. The average molecular weight is 212 g/mol. The van der Waals surface area contributed by atoms with E-state index in [1.54, 1.807) is 19.5 Å². The third-order valence-electron chi connectivity index (χ3n) is 2.09. The van der Waals surface area contributed by atoms with E-state index in [-0.39, 0.29) is 0 Å². The third kappa shape index (κ3) is 2.67. The van der Waals surface area contributed by atoms with E-state index in [0.717, 1.165) is 11.3 Å². The van der Waals surface area contributed by atoms with Gasteiger partial charge in [-0.15, -0.1) is 0 Å². The van der Waals surface area contributed by atoms with Gasteiger partial charge in [0.15, 0.2) is 5.82 Å². The van der Waals surface area contributed by atoms with Gasteiger partial charge in [0.1, 0.15) is 5.75 Å². The first-order valence-electron chi connectivity index (χ1n) is 4.97. The number of hydrogen-bond donors (Lipinski definition) is 0. The van der Waals surface area contributed by atoms with Gasteiger partial charge in [0.25, 0.3) is 0 Å². The van der Waals surface area contributed by atoms with Crippen molar-refractivity contribution in [2.75, 3.05) is 7.11 Å². The SMILES string of the molecule is COc1cccc(/C=N/c2ccccn2)c1. The van der Waals surface area contributed by atoms with Crippen LogP contribution in [-0.4, -0.2) is 18.3 Å². The standard InChI is InChI=1S/C13H12N2O/c1-16-12-6-4-5-11(9-12)10-15-13-7-2-3-8-14-13/h2-10H,1H3/b15-10+. The van der Waals surface area contributed by atoms with Gasteiger partial charge in [-0.05, 0) is 29.8 Å². The van der Waals surface area contributed by atoms with Crippen molar-refractivity contribution in [3.05, 3.63) is 54.2 Å². The third-order valence-corrected chi connectivity index (χ3v) is 2.09. The van der Waals surface area contributed by atoms with Crippen LogP contribution in [0, 0.1) is 0 Å². The Morgan fingerprint density at radius 2 is 2.12 bits per heavy atom. The highest BCUT2D eigenvalue weighted by Gasteiger charge is 1.92. The lowest BCUT2D eigenvalue weighted by Crippen LogP contribution is -1.85. The molecule has 0 saturated heterocycles. The Hall–Kier alpha value is -2.16. The van der Waals surface area contributed by atoms with Crippen LogP contribution in [-0.2, 0) is 0 Å². The minimum atomic E-state index is 0.699. The predicted molar refractivity (Wildman–Crippen MR) is 64.5 cm³/mol. The van der Waals surface area contributed by atoms with Gasteiger partial charge >= 0.3 is 0 Å². The monoisotopic (exact) mass is 212 g/mol. The predicted octanol–water partition coefficient (Wildman–Crippen LogP) is 2.84. The molecule has 0 N–H and O–H groups in total. The number of rotatable bonds is 3. The first-order chi connectivity index (χ1) is 7.88. The van der Waals surface area contributed by atoms with Crippen LogP contribution in [0.1, 0.15) is 5.56 Å². The molecule has 0 unspecified atom stereocenters. The molecule has 0 radical (unpaired) electrons. The summed E-state index contributed by atoms with van der Waals surface area (Å²) in [6, 6.07) is 13.4. The molecule has 0 amide bonds. The van der Waals surface area contributed by atoms with Crippen molar-refractivity contribution in [2.45, 2.75) is 0 Å². The molecular weight excluding hydrogens is 200 g/mol. The number of benzene rings is 1. The number of aliphatic imine (C=N–C) groups is 1. The zero-order valence-corrected chi connectivity index (χ0v) is 9.00. The second kappa shape index (κ2) is 5.07. The van der Waals surface area contributed by atoms with E-state index in [4.69, 9.17) is 4.74 Å². The van der Waals surface area contributed by atoms with Crippen molar-refractivity contribution < 1.29 is 4.74 Å². The van der Waals surface area contributed by atoms with Gasteiger partial charge in [-0.3, -0.25) is 0 Å². The lowest BCUT2D eigenvalue weighted by molar-refractivity contribution is 0.415. The van der Waals surface area contributed by atoms with Gasteiger partial charge < -0.3 is 4.74 Å². The molecule has 2 aromatic rings. The van der Waals surface area contributed by atoms with Crippen LogP contribution in [0.25, 0.3) is 0 Å². The second-order valence-corrected chi connectivity index (χ2v) is 3.22. The first-order valence-corrected chi connectivity index (χ1v) is 4.97. The van der Waals surface area contributed by atoms with Crippen molar-refractivity contribution in [1.82, 2.24) is 4.98 Å². The zero-order valence-electron chi connectivity index (χ0n) is 9.00. The van der Waals surface area contributed by atoms with E-state index in [2.05, 4.69) is 9.98 Å². The van der Waals surface area contributed by atoms with Crippen LogP contribution in [0.4, 0.5) is 5.82 Å². The normalized spacial score (nSPS) is 10.6. The van der Waals surface area contributed by atoms with E-state index in [1.807, 2.05) is 42.5 Å². The van der Waals surface area contributed by atoms with Gasteiger partial charge in [-0.1, -0.05) is 18.2 Å². The number of pyridine rings is 1. The van der Waals surface area contributed by atoms with Crippen molar-refractivity contribution in [3.8, 4) is 5.75 Å². The number of methoxy groups -OCH3 is 1. The molecule has 0 atom stereocenters. The largest absolute Gasteiger partial charge is 0.497 e. The van der Waals surface area contributed by atoms with Crippen molar-refractivity contribution in [3.63, 3.8) is 0 Å². The molecule has 0 aliphatic carbocycles. The Labute approximate surface area is 94.4 Å². The Morgan fingerprint density at radius 3 is 2.88 bits per heavy atom. The van der Waals surface area contributed by atoms with E-state index in [9.17, 15) is 0 Å². The van der Waals surface area contributed by atoms with Gasteiger partial charge in [0, 0.05) is 12.4 Å². The molecule has 0 fully saturated rings. The number of aromatic nitrogens is 1. The highest BCUT2D eigenvalue weighted by molar-refractivity contribution is 5.82. The Kier molecular flexibility index (Phi) is 3.28. The highest BCUT2D eigenvalue weighted by atomic mass is 16.5. The van der Waals surface area contributed by atoms with Gasteiger partial charge in [0.2, 0.25) is 0 Å². The quantitative estimate of drug-likeness (QED) is 0.733. The maximum Gasteiger partial charge on any atom is 0.151 e. The summed E-state index contributed by atoms with van der Waals surface area (Å²) in [6.45, 7) is 0. The van der Waals surface area contributed by atoms with Gasteiger partial charge in [0.05, 0.1) is 7.11 Å². The molecule has 0 bridgehead atoms. The summed E-state index contributed by atoms with van der Waals surface area (Å²) in [5.41, 5.74) is 0.991. The summed E-state index contributed by atoms with van der Waals surface area (Å²) in [5, 5.41) is 0. The van der Waals surface area contributed by atoms with E-state index < -0.39 is 0 Å². The molecule has 0 saturated carbocycles. The smallest absolute Gasteiger partial charge is 0.151 e. The van der Waals surface area contributed by atoms with Crippen LogP contribution in [0.2, 0.25) is 0 Å². The van der Waals surface area contributed by atoms with Gasteiger partial charge in [-0.25, -0.2) is 9.98 Å². The molecule has 3 nitrogen and oxygen atoms in total. The topological polar surface area (TPSA) is 34.5 Å². The summed E-state index contributed by atoms with van der Waals surface area (Å²) in [7, 11) is 1.65. The fourth-order valence-corrected chi connectivity index (χ4v) is 1.29. The fraction of sp³-hybridized carbons (Fsp3) is 0.0769. The molecule has 1 aromatic heterocycles. The maximum atomic E-state index is 5.13. The lowest BCUT2D eigenvalue weighted by Gasteiger charge is -1.99. The Morgan fingerprint density at radius 1 is 1.19 bits per heavy atom. The van der Waals surface area contributed by atoms with Crippen LogP contribution in [0.3, 0.4) is 0 Å². The molecule has 1 aromatic carbocycles. The molecule has 2 rings (SSSR count). The number of hydrogen-bond acceptors (Lipinski definition) is 3. The fourth-order valence-electron chi connectivity index (χ4n) is 1.29. The van der Waals surface area contributed by atoms with Crippen molar-refractivity contribution in [2.24, 2.45) is 4.99 Å². The summed E-state index contributed by atoms with van der Waals surface area (Å²) < 4.78 is 5.13. The summed E-state index contributed by atoms with van der Waals surface area (Å²) >= 11 is 0. The van der Waals surface area contributed by atoms with Crippen LogP contribution < -0.4 is 4.74 Å². The molecule has 0 aliphatic rings. The van der Waals surface area contributed by atoms with Crippen LogP contribution >= 0.6 is 0 Å². The Balaban J connectivity index is 2.17. The molecule has 1 heterocycles. The molecule has 16 heavy (non-hydrogen) atoms. The minimum absolute atomic E-state index is 0.699. The van der Waals surface area contributed by atoms with Crippen LogP contribution in [0.15, 0.2) is 53.7 Å². The summed E-state index contributed by atoms with van der Waals surface area (Å²) in [6.07, 6.45) is 3.49. The molecule has 80 valence electrons.